The van der Waals surface area contributed by atoms with E-state index in [0.29, 0.717) is 6.54 Å². The molecule has 0 aliphatic heterocycles. The van der Waals surface area contributed by atoms with Crippen LogP contribution < -0.4 is 5.32 Å². The van der Waals surface area contributed by atoms with Gasteiger partial charge >= 0.3 is 0 Å². The Labute approximate surface area is 102 Å². The highest BCUT2D eigenvalue weighted by atomic mass is 16.3. The van der Waals surface area contributed by atoms with Crippen LogP contribution in [0.1, 0.15) is 29.8 Å². The zero-order chi connectivity index (χ0) is 12.4. The Bertz CT molecular complexity index is 516. The lowest BCUT2D eigenvalue weighted by Gasteiger charge is -2.10. The number of para-hydroxylation sites is 1. The van der Waals surface area contributed by atoms with E-state index in [1.807, 2.05) is 14.0 Å². The molecule has 2 rings (SSSR count). The maximum Gasteiger partial charge on any atom is 0.0937 e. The normalized spacial score (nSPS) is 13.2. The van der Waals surface area contributed by atoms with Gasteiger partial charge in [-0.05, 0) is 26.0 Å². The van der Waals surface area contributed by atoms with Crippen molar-refractivity contribution < 1.29 is 5.11 Å². The third-order valence-electron chi connectivity index (χ3n) is 3.27. The fourth-order valence-electron chi connectivity index (χ4n) is 2.45. The molecular formula is C14H20N2O. The van der Waals surface area contributed by atoms with Gasteiger partial charge in [0.25, 0.3) is 0 Å². The maximum absolute atomic E-state index is 10.2. The largest absolute Gasteiger partial charge is 0.387 e. The molecule has 1 atom stereocenters. The summed E-state index contributed by atoms with van der Waals surface area (Å²) >= 11 is 0. The minimum atomic E-state index is -0.458. The van der Waals surface area contributed by atoms with Crippen LogP contribution in [0.5, 0.6) is 0 Å². The van der Waals surface area contributed by atoms with Crippen LogP contribution >= 0.6 is 0 Å². The number of aliphatic hydroxyl groups is 1. The van der Waals surface area contributed by atoms with Gasteiger partial charge in [0.1, 0.15) is 0 Å². The molecule has 1 unspecified atom stereocenters. The first-order chi connectivity index (χ1) is 8.19. The van der Waals surface area contributed by atoms with Crippen molar-refractivity contribution in [1.29, 1.82) is 0 Å². The molecule has 0 spiro atoms. The van der Waals surface area contributed by atoms with Gasteiger partial charge in [0.15, 0.2) is 0 Å². The van der Waals surface area contributed by atoms with Crippen molar-refractivity contribution in [3.8, 4) is 0 Å². The molecule has 3 heteroatoms. The van der Waals surface area contributed by atoms with E-state index in [1.165, 1.54) is 5.56 Å². The number of hydrogen-bond acceptors (Lipinski definition) is 2. The zero-order valence-electron chi connectivity index (χ0n) is 10.7. The molecule has 0 amide bonds. The highest BCUT2D eigenvalue weighted by Crippen LogP contribution is 2.29. The van der Waals surface area contributed by atoms with Crippen molar-refractivity contribution in [2.45, 2.75) is 26.4 Å². The monoisotopic (exact) mass is 232 g/mol. The Morgan fingerprint density at radius 2 is 2.18 bits per heavy atom. The van der Waals surface area contributed by atoms with Crippen LogP contribution in [-0.4, -0.2) is 23.7 Å². The number of fused-ring (bicyclic) bond motifs is 1. The second kappa shape index (κ2) is 4.90. The van der Waals surface area contributed by atoms with Crippen LogP contribution in [0.15, 0.2) is 18.2 Å². The van der Waals surface area contributed by atoms with Crippen LogP contribution in [0.25, 0.3) is 10.9 Å². The topological polar surface area (TPSA) is 48.0 Å². The van der Waals surface area contributed by atoms with Gasteiger partial charge in [-0.25, -0.2) is 0 Å². The highest BCUT2D eigenvalue weighted by Gasteiger charge is 2.16. The van der Waals surface area contributed by atoms with Crippen LogP contribution in [0.3, 0.4) is 0 Å². The van der Waals surface area contributed by atoms with Crippen molar-refractivity contribution in [1.82, 2.24) is 10.3 Å². The Hall–Kier alpha value is -1.32. The first-order valence-electron chi connectivity index (χ1n) is 6.11. The van der Waals surface area contributed by atoms with Crippen LogP contribution in [0.4, 0.5) is 0 Å². The summed E-state index contributed by atoms with van der Waals surface area (Å²) < 4.78 is 0. The van der Waals surface area contributed by atoms with E-state index in [0.717, 1.165) is 28.6 Å². The van der Waals surface area contributed by atoms with Crippen LogP contribution in [0.2, 0.25) is 0 Å². The number of benzene rings is 1. The van der Waals surface area contributed by atoms with E-state index < -0.39 is 6.10 Å². The predicted octanol–water partition coefficient (Wildman–Crippen LogP) is 2.29. The van der Waals surface area contributed by atoms with Gasteiger partial charge in [-0.1, -0.05) is 25.1 Å². The van der Waals surface area contributed by atoms with Gasteiger partial charge in [0.05, 0.1) is 6.10 Å². The summed E-state index contributed by atoms with van der Waals surface area (Å²) in [6.45, 7) is 4.74. The van der Waals surface area contributed by atoms with Crippen molar-refractivity contribution in [2.24, 2.45) is 0 Å². The fourth-order valence-corrected chi connectivity index (χ4v) is 2.45. The van der Waals surface area contributed by atoms with Crippen LogP contribution in [0, 0.1) is 6.92 Å². The Morgan fingerprint density at radius 1 is 1.41 bits per heavy atom. The van der Waals surface area contributed by atoms with E-state index in [4.69, 9.17) is 0 Å². The average Bonchev–Trinajstić information content (AvgIpc) is 2.65. The lowest BCUT2D eigenvalue weighted by atomic mass is 10.0. The van der Waals surface area contributed by atoms with Crippen molar-refractivity contribution in [3.05, 3.63) is 35.0 Å². The van der Waals surface area contributed by atoms with E-state index in [1.54, 1.807) is 0 Å². The third kappa shape index (κ3) is 2.08. The molecule has 1 aromatic carbocycles. The number of nitrogens with one attached hydrogen (secondary N) is 2. The third-order valence-corrected chi connectivity index (χ3v) is 3.27. The summed E-state index contributed by atoms with van der Waals surface area (Å²) in [6.07, 6.45) is 0.541. The van der Waals surface area contributed by atoms with Gasteiger partial charge in [0.2, 0.25) is 0 Å². The molecule has 1 heterocycles. The number of rotatable bonds is 4. The number of aryl methyl sites for hydroxylation is 2. The predicted molar refractivity (Wildman–Crippen MR) is 71.3 cm³/mol. The fraction of sp³-hybridized carbons (Fsp3) is 0.429. The lowest BCUT2D eigenvalue weighted by Crippen LogP contribution is -2.17. The maximum atomic E-state index is 10.2. The summed E-state index contributed by atoms with van der Waals surface area (Å²) in [5, 5.41) is 14.3. The number of H-pyrrole nitrogens is 1. The molecule has 0 radical (unpaired) electrons. The molecule has 2 aromatic rings. The molecule has 17 heavy (non-hydrogen) atoms. The van der Waals surface area contributed by atoms with Gasteiger partial charge in [-0.3, -0.25) is 0 Å². The Balaban J connectivity index is 2.59. The molecule has 0 fully saturated rings. The molecule has 0 aliphatic rings. The van der Waals surface area contributed by atoms with Crippen molar-refractivity contribution in [2.75, 3.05) is 13.6 Å². The quantitative estimate of drug-likeness (QED) is 0.757. The molecule has 0 saturated carbocycles. The van der Waals surface area contributed by atoms with Gasteiger partial charge < -0.3 is 15.4 Å². The number of aliphatic hydroxyl groups excluding tert-OH is 1. The number of likely N-dealkylation sites (N-methyl/N-ethyl adjacent to an activating group) is 1. The van der Waals surface area contributed by atoms with E-state index in [-0.39, 0.29) is 0 Å². The Kier molecular flexibility index (Phi) is 3.50. The standard InChI is InChI=1S/C14H20N2O/c1-4-10-6-5-7-11-13(12(17)8-15-3)9(2)16-14(10)11/h5-7,12,15-17H,4,8H2,1-3H3. The molecule has 3 nitrogen and oxygen atoms in total. The van der Waals surface area contributed by atoms with Crippen LogP contribution in [-0.2, 0) is 6.42 Å². The first-order valence-corrected chi connectivity index (χ1v) is 6.11. The molecule has 92 valence electrons. The molecule has 1 aromatic heterocycles. The zero-order valence-corrected chi connectivity index (χ0v) is 10.7. The SMILES string of the molecule is CCc1cccc2c(C(O)CNC)c(C)[nH]c12. The molecule has 0 aliphatic carbocycles. The summed E-state index contributed by atoms with van der Waals surface area (Å²) in [6, 6.07) is 6.27. The number of hydrogen-bond donors (Lipinski definition) is 3. The summed E-state index contributed by atoms with van der Waals surface area (Å²) in [5.74, 6) is 0. The second-order valence-corrected chi connectivity index (χ2v) is 4.43. The Morgan fingerprint density at radius 3 is 2.82 bits per heavy atom. The van der Waals surface area contributed by atoms with E-state index >= 15 is 0 Å². The molecule has 3 N–H and O–H groups in total. The minimum Gasteiger partial charge on any atom is -0.387 e. The number of aromatic amines is 1. The first kappa shape index (κ1) is 12.1. The summed E-state index contributed by atoms with van der Waals surface area (Å²) in [4.78, 5) is 3.40. The van der Waals surface area contributed by atoms with Gasteiger partial charge in [-0.2, -0.15) is 0 Å². The average molecular weight is 232 g/mol. The summed E-state index contributed by atoms with van der Waals surface area (Å²) in [7, 11) is 1.85. The molecule has 0 saturated heterocycles. The highest BCUT2D eigenvalue weighted by molar-refractivity contribution is 5.87. The molecular weight excluding hydrogens is 212 g/mol. The van der Waals surface area contributed by atoms with Gasteiger partial charge in [0, 0.05) is 28.7 Å². The minimum absolute atomic E-state index is 0.458. The van der Waals surface area contributed by atoms with E-state index in [9.17, 15) is 5.11 Å². The lowest BCUT2D eigenvalue weighted by molar-refractivity contribution is 0.178. The number of aromatic nitrogens is 1. The second-order valence-electron chi connectivity index (χ2n) is 4.43. The smallest absolute Gasteiger partial charge is 0.0937 e. The van der Waals surface area contributed by atoms with Crippen molar-refractivity contribution in [3.63, 3.8) is 0 Å². The summed E-state index contributed by atoms with van der Waals surface area (Å²) in [5.41, 5.74) is 4.54. The van der Waals surface area contributed by atoms with Crippen molar-refractivity contribution >= 4 is 10.9 Å². The van der Waals surface area contributed by atoms with E-state index in [2.05, 4.69) is 35.4 Å². The van der Waals surface area contributed by atoms with Gasteiger partial charge in [-0.15, -0.1) is 0 Å². The molecule has 0 bridgehead atoms.